The second-order valence-corrected chi connectivity index (χ2v) is 12.4. The number of rotatable bonds is 9. The summed E-state index contributed by atoms with van der Waals surface area (Å²) >= 11 is 0. The highest BCUT2D eigenvalue weighted by molar-refractivity contribution is 5.51. The average molecular weight is 595 g/mol. The van der Waals surface area contributed by atoms with Gasteiger partial charge < -0.3 is 0 Å². The van der Waals surface area contributed by atoms with E-state index in [9.17, 15) is 0 Å². The molecule has 0 unspecified atom stereocenters. The van der Waals surface area contributed by atoms with Gasteiger partial charge in [-0.05, 0) is 77.9 Å². The molecule has 0 atom stereocenters. The van der Waals surface area contributed by atoms with Gasteiger partial charge in [0, 0.05) is 88.6 Å². The fourth-order valence-corrected chi connectivity index (χ4v) is 5.76. The van der Waals surface area contributed by atoms with Crippen LogP contribution in [0.25, 0.3) is 0 Å². The van der Waals surface area contributed by atoms with Gasteiger partial charge in [0.15, 0.2) is 37.2 Å². The first-order chi connectivity index (χ1) is 21.7. The number of hydrogen-bond donors (Lipinski definition) is 0. The summed E-state index contributed by atoms with van der Waals surface area (Å²) < 4.78 is 6.81. The molecule has 0 saturated heterocycles. The molecule has 0 fully saturated rings. The summed E-state index contributed by atoms with van der Waals surface area (Å²) in [5.74, 6) is 20.4. The van der Waals surface area contributed by atoms with E-state index in [1.165, 1.54) is 33.4 Å². The van der Waals surface area contributed by atoms with Crippen LogP contribution in [0.4, 0.5) is 0 Å². The summed E-state index contributed by atoms with van der Waals surface area (Å²) in [5, 5.41) is 0. The largest absolute Gasteiger partial charge is 0.205 e. The molecule has 0 saturated carbocycles. The maximum atomic E-state index is 3.40. The van der Waals surface area contributed by atoms with Crippen molar-refractivity contribution in [2.75, 3.05) is 0 Å². The minimum absolute atomic E-state index is 0.850. The molecule has 228 valence electrons. The van der Waals surface area contributed by atoms with Crippen LogP contribution in [-0.2, 0) is 19.6 Å². The average Bonchev–Trinajstić information content (AvgIpc) is 2.95. The maximum Gasteiger partial charge on any atom is 0.171 e. The summed E-state index contributed by atoms with van der Waals surface area (Å²) in [7, 11) is 0. The number of nitrogens with zero attached hydrogens (tertiary/aromatic N) is 3. The van der Waals surface area contributed by atoms with Gasteiger partial charge in [-0.1, -0.05) is 35.5 Å². The molecule has 0 bridgehead atoms. The molecule has 0 spiro atoms. The molecule has 4 aromatic rings. The van der Waals surface area contributed by atoms with Crippen molar-refractivity contribution in [1.29, 1.82) is 0 Å². The molecule has 4 rings (SSSR count). The van der Waals surface area contributed by atoms with E-state index in [0.29, 0.717) is 0 Å². The molecule has 0 aliphatic carbocycles. The molecule has 3 nitrogen and oxygen atoms in total. The Morgan fingerprint density at radius 2 is 0.622 bits per heavy atom. The van der Waals surface area contributed by atoms with E-state index in [1.807, 2.05) is 0 Å². The van der Waals surface area contributed by atoms with Gasteiger partial charge in [-0.25, -0.2) is 13.7 Å². The lowest BCUT2D eigenvalue weighted by molar-refractivity contribution is -0.697. The highest BCUT2D eigenvalue weighted by Crippen LogP contribution is 2.10. The minimum Gasteiger partial charge on any atom is -0.205 e. The van der Waals surface area contributed by atoms with Crippen molar-refractivity contribution in [1.82, 2.24) is 0 Å². The highest BCUT2D eigenvalue weighted by Gasteiger charge is 2.04. The zero-order valence-corrected chi connectivity index (χ0v) is 28.1. The lowest BCUT2D eigenvalue weighted by atomic mass is 10.1. The monoisotopic (exact) mass is 594 g/mol. The Hall–Kier alpha value is -4.65. The van der Waals surface area contributed by atoms with E-state index in [2.05, 4.69) is 164 Å². The van der Waals surface area contributed by atoms with E-state index < -0.39 is 0 Å². The van der Waals surface area contributed by atoms with Crippen molar-refractivity contribution in [2.45, 2.75) is 99.7 Å². The molecule has 1 aromatic carbocycles. The highest BCUT2D eigenvalue weighted by atomic mass is 14.9. The number of unbranched alkanes of at least 4 members (excludes halogenated alkanes) is 3. The zero-order valence-electron chi connectivity index (χ0n) is 28.1. The van der Waals surface area contributed by atoms with Crippen LogP contribution in [0, 0.1) is 77.1 Å². The maximum absolute atomic E-state index is 3.40. The number of hydrogen-bond acceptors (Lipinski definition) is 0. The SMILES string of the molecule is Cc1cc(C)c[n+](CCCC#Cc2cc(C#CCCC[n+]3cc(C)cc(C)c3)cc(C#CCCC[n+]3cc(C)cc(C)c3)c2)c1. The summed E-state index contributed by atoms with van der Waals surface area (Å²) in [5.41, 5.74) is 10.7. The van der Waals surface area contributed by atoms with Crippen LogP contribution < -0.4 is 13.7 Å². The first kappa shape index (κ1) is 33.2. The Balaban J connectivity index is 1.40. The molecule has 3 heterocycles. The van der Waals surface area contributed by atoms with Crippen molar-refractivity contribution in [2.24, 2.45) is 0 Å². The third-order valence-corrected chi connectivity index (χ3v) is 7.37. The van der Waals surface area contributed by atoms with Crippen LogP contribution in [0.1, 0.15) is 88.6 Å². The summed E-state index contributed by atoms with van der Waals surface area (Å²) in [6.07, 6.45) is 18.8. The van der Waals surface area contributed by atoms with Gasteiger partial charge >= 0.3 is 0 Å². The van der Waals surface area contributed by atoms with E-state index in [1.54, 1.807) is 0 Å². The van der Waals surface area contributed by atoms with E-state index in [-0.39, 0.29) is 0 Å². The number of aryl methyl sites for hydroxylation is 9. The summed E-state index contributed by atoms with van der Waals surface area (Å²) in [6.45, 7) is 15.8. The lowest BCUT2D eigenvalue weighted by Gasteiger charge is -1.99. The molecule has 45 heavy (non-hydrogen) atoms. The fraction of sp³-hybridized carbons (Fsp3) is 0.357. The molecular weight excluding hydrogens is 546 g/mol. The van der Waals surface area contributed by atoms with Crippen LogP contribution in [-0.4, -0.2) is 0 Å². The van der Waals surface area contributed by atoms with Gasteiger partial charge in [0.1, 0.15) is 19.6 Å². The van der Waals surface area contributed by atoms with Crippen molar-refractivity contribution < 1.29 is 13.7 Å². The second-order valence-electron chi connectivity index (χ2n) is 12.4. The van der Waals surface area contributed by atoms with Gasteiger partial charge in [0.25, 0.3) is 0 Å². The van der Waals surface area contributed by atoms with E-state index in [4.69, 9.17) is 0 Å². The zero-order chi connectivity index (χ0) is 32.0. The molecule has 3 aromatic heterocycles. The van der Waals surface area contributed by atoms with Crippen LogP contribution >= 0.6 is 0 Å². The molecule has 3 heteroatoms. The minimum atomic E-state index is 0.850. The van der Waals surface area contributed by atoms with E-state index in [0.717, 1.165) is 74.8 Å². The van der Waals surface area contributed by atoms with Gasteiger partial charge in [0.05, 0.1) is 0 Å². The van der Waals surface area contributed by atoms with Crippen LogP contribution in [0.2, 0.25) is 0 Å². The van der Waals surface area contributed by atoms with Gasteiger partial charge in [-0.2, -0.15) is 0 Å². The predicted molar refractivity (Wildman–Crippen MR) is 183 cm³/mol. The van der Waals surface area contributed by atoms with Gasteiger partial charge in [0.2, 0.25) is 0 Å². The molecular formula is C42H48N3+3. The summed E-state index contributed by atoms with van der Waals surface area (Å²) in [4.78, 5) is 0. The topological polar surface area (TPSA) is 11.6 Å². The van der Waals surface area contributed by atoms with Gasteiger partial charge in [-0.3, -0.25) is 0 Å². The van der Waals surface area contributed by atoms with Crippen LogP contribution in [0.15, 0.2) is 73.6 Å². The van der Waals surface area contributed by atoms with Crippen LogP contribution in [0.5, 0.6) is 0 Å². The first-order valence-electron chi connectivity index (χ1n) is 16.3. The number of aromatic nitrogens is 3. The number of pyridine rings is 3. The van der Waals surface area contributed by atoms with Crippen molar-refractivity contribution in [3.8, 4) is 35.5 Å². The Morgan fingerprint density at radius 1 is 0.378 bits per heavy atom. The third kappa shape index (κ3) is 12.1. The lowest BCUT2D eigenvalue weighted by Crippen LogP contribution is -2.33. The number of benzene rings is 1. The molecule has 0 amide bonds. The molecule has 0 N–H and O–H groups in total. The fourth-order valence-electron chi connectivity index (χ4n) is 5.76. The van der Waals surface area contributed by atoms with Gasteiger partial charge in [-0.15, -0.1) is 0 Å². The van der Waals surface area contributed by atoms with Crippen molar-refractivity contribution in [3.05, 3.63) is 124 Å². The quantitative estimate of drug-likeness (QED) is 0.114. The standard InChI is InChI=1S/C42H48N3/c1-34-22-35(2)29-43(28-34)19-13-7-10-16-40-25-41(17-11-8-14-20-44-30-36(3)23-37(4)31-44)27-42(26-40)18-12-9-15-21-45-32-38(5)24-39(6)33-45/h22-33H,7-9,13-15,19-21H2,1-6H3/q+3. The van der Waals surface area contributed by atoms with Crippen LogP contribution in [0.3, 0.4) is 0 Å². The van der Waals surface area contributed by atoms with E-state index >= 15 is 0 Å². The normalized spacial score (nSPS) is 10.3. The first-order valence-corrected chi connectivity index (χ1v) is 16.3. The Morgan fingerprint density at radius 3 is 0.867 bits per heavy atom. The third-order valence-electron chi connectivity index (χ3n) is 7.37. The summed E-state index contributed by atoms with van der Waals surface area (Å²) in [6, 6.07) is 13.0. The Bertz CT molecular complexity index is 1530. The molecule has 0 aliphatic heterocycles. The van der Waals surface area contributed by atoms with Crippen molar-refractivity contribution >= 4 is 0 Å². The Labute approximate surface area is 272 Å². The second kappa shape index (κ2) is 17.0. The smallest absolute Gasteiger partial charge is 0.171 e. The molecule has 0 radical (unpaired) electrons. The molecule has 0 aliphatic rings. The predicted octanol–water partition coefficient (Wildman–Crippen LogP) is 6.90. The Kier molecular flexibility index (Phi) is 12.6. The van der Waals surface area contributed by atoms with Crippen molar-refractivity contribution in [3.63, 3.8) is 0 Å².